The van der Waals surface area contributed by atoms with Crippen molar-refractivity contribution in [3.05, 3.63) is 60.0 Å². The van der Waals surface area contributed by atoms with E-state index in [2.05, 4.69) is 4.74 Å². The first-order valence-corrected chi connectivity index (χ1v) is 7.39. The molecule has 1 aromatic carbocycles. The van der Waals surface area contributed by atoms with Gasteiger partial charge in [0.2, 0.25) is 5.79 Å². The van der Waals surface area contributed by atoms with Crippen molar-refractivity contribution in [3.8, 4) is 0 Å². The molecular weight excluding hydrogens is 312 g/mol. The van der Waals surface area contributed by atoms with Gasteiger partial charge in [0.25, 0.3) is 0 Å². The molecule has 1 aromatic rings. The standard InChI is InChI=1S/C17H18F4O2/c1-2-3-12-22-16(23-17(19,20)21)10-8-13(9-11-16)14-6-4-5-7-15(14)18/h4-11,13H,2-3,12H2,1H3. The lowest BCUT2D eigenvalue weighted by molar-refractivity contribution is -0.391. The first-order valence-electron chi connectivity index (χ1n) is 7.39. The summed E-state index contributed by atoms with van der Waals surface area (Å²) in [4.78, 5) is 0. The molecule has 0 radical (unpaired) electrons. The van der Waals surface area contributed by atoms with Gasteiger partial charge in [0, 0.05) is 5.92 Å². The minimum absolute atomic E-state index is 0.131. The maximum absolute atomic E-state index is 13.8. The molecule has 0 unspecified atom stereocenters. The molecule has 0 saturated heterocycles. The fraction of sp³-hybridized carbons (Fsp3) is 0.412. The van der Waals surface area contributed by atoms with Gasteiger partial charge in [0.1, 0.15) is 5.82 Å². The van der Waals surface area contributed by atoms with E-state index in [4.69, 9.17) is 4.74 Å². The van der Waals surface area contributed by atoms with Crippen LogP contribution in [0.1, 0.15) is 31.2 Å². The topological polar surface area (TPSA) is 18.5 Å². The molecule has 0 N–H and O–H groups in total. The molecule has 1 aliphatic carbocycles. The molecule has 0 amide bonds. The highest BCUT2D eigenvalue weighted by atomic mass is 19.4. The highest BCUT2D eigenvalue weighted by Crippen LogP contribution is 2.35. The van der Waals surface area contributed by atoms with Gasteiger partial charge < -0.3 is 4.74 Å². The van der Waals surface area contributed by atoms with Crippen LogP contribution in [-0.2, 0) is 9.47 Å². The zero-order valence-electron chi connectivity index (χ0n) is 12.6. The predicted octanol–water partition coefficient (Wildman–Crippen LogP) is 5.08. The fourth-order valence-electron chi connectivity index (χ4n) is 2.30. The molecule has 0 bridgehead atoms. The Kier molecular flexibility index (Phi) is 5.59. The van der Waals surface area contributed by atoms with Gasteiger partial charge in [-0.25, -0.2) is 4.39 Å². The average molecular weight is 330 g/mol. The van der Waals surface area contributed by atoms with Gasteiger partial charge in [-0.1, -0.05) is 43.7 Å². The zero-order chi connectivity index (χ0) is 16.9. The Bertz CT molecular complexity index is 564. The van der Waals surface area contributed by atoms with Gasteiger partial charge in [-0.2, -0.15) is 0 Å². The third-order valence-electron chi connectivity index (χ3n) is 3.44. The van der Waals surface area contributed by atoms with Crippen molar-refractivity contribution >= 4 is 0 Å². The highest BCUT2D eigenvalue weighted by Gasteiger charge is 2.42. The van der Waals surface area contributed by atoms with Gasteiger partial charge in [-0.15, -0.1) is 13.2 Å². The Balaban J connectivity index is 2.18. The van der Waals surface area contributed by atoms with E-state index in [1.165, 1.54) is 30.4 Å². The van der Waals surface area contributed by atoms with Gasteiger partial charge in [-0.05, 0) is 30.2 Å². The Labute approximate surface area is 132 Å². The molecule has 126 valence electrons. The Morgan fingerprint density at radius 2 is 1.78 bits per heavy atom. The smallest absolute Gasteiger partial charge is 0.343 e. The van der Waals surface area contributed by atoms with Gasteiger partial charge in [0.15, 0.2) is 0 Å². The van der Waals surface area contributed by atoms with Crippen LogP contribution in [0.4, 0.5) is 17.6 Å². The lowest BCUT2D eigenvalue weighted by atomic mass is 9.92. The van der Waals surface area contributed by atoms with E-state index >= 15 is 0 Å². The van der Waals surface area contributed by atoms with Crippen LogP contribution in [0, 0.1) is 5.82 Å². The number of allylic oxidation sites excluding steroid dienone is 2. The number of unbranched alkanes of at least 4 members (excludes halogenated alkanes) is 1. The SMILES string of the molecule is CCCCOC1(OC(F)(F)F)C=CC(c2ccccc2F)C=C1. The number of rotatable bonds is 6. The second-order valence-electron chi connectivity index (χ2n) is 5.24. The van der Waals surface area contributed by atoms with E-state index in [0.717, 1.165) is 6.42 Å². The van der Waals surface area contributed by atoms with Crippen molar-refractivity contribution in [2.75, 3.05) is 6.61 Å². The van der Waals surface area contributed by atoms with E-state index in [0.29, 0.717) is 12.0 Å². The second kappa shape index (κ2) is 7.27. The first-order chi connectivity index (χ1) is 10.9. The minimum atomic E-state index is -4.84. The third kappa shape index (κ3) is 4.91. The van der Waals surface area contributed by atoms with Crippen LogP contribution in [-0.4, -0.2) is 18.8 Å². The summed E-state index contributed by atoms with van der Waals surface area (Å²) < 4.78 is 61.2. The van der Waals surface area contributed by atoms with Crippen molar-refractivity contribution in [2.45, 2.75) is 37.8 Å². The lowest BCUT2D eigenvalue weighted by Gasteiger charge is -2.31. The summed E-state index contributed by atoms with van der Waals surface area (Å²) in [7, 11) is 0. The van der Waals surface area contributed by atoms with Crippen LogP contribution in [0.5, 0.6) is 0 Å². The van der Waals surface area contributed by atoms with Crippen LogP contribution < -0.4 is 0 Å². The van der Waals surface area contributed by atoms with Crippen LogP contribution in [0.15, 0.2) is 48.6 Å². The third-order valence-corrected chi connectivity index (χ3v) is 3.44. The number of benzene rings is 1. The number of ether oxygens (including phenoxy) is 2. The monoisotopic (exact) mass is 330 g/mol. The quantitative estimate of drug-likeness (QED) is 0.313. The zero-order valence-corrected chi connectivity index (χ0v) is 12.6. The van der Waals surface area contributed by atoms with E-state index in [9.17, 15) is 17.6 Å². The summed E-state index contributed by atoms with van der Waals surface area (Å²) in [6, 6.07) is 6.12. The maximum atomic E-state index is 13.8. The van der Waals surface area contributed by atoms with E-state index in [-0.39, 0.29) is 6.61 Å². The van der Waals surface area contributed by atoms with E-state index < -0.39 is 23.9 Å². The molecule has 0 fully saturated rings. The second-order valence-corrected chi connectivity index (χ2v) is 5.24. The predicted molar refractivity (Wildman–Crippen MR) is 78.2 cm³/mol. The summed E-state index contributed by atoms with van der Waals surface area (Å²) >= 11 is 0. The average Bonchev–Trinajstić information content (AvgIpc) is 2.47. The molecule has 0 spiro atoms. The minimum Gasteiger partial charge on any atom is -0.343 e. The molecule has 0 aliphatic heterocycles. The normalized spacial score (nSPS) is 24.1. The van der Waals surface area contributed by atoms with Crippen LogP contribution in [0.3, 0.4) is 0 Å². The molecule has 6 heteroatoms. The van der Waals surface area contributed by atoms with Crippen molar-refractivity contribution in [1.82, 2.24) is 0 Å². The van der Waals surface area contributed by atoms with Crippen molar-refractivity contribution in [2.24, 2.45) is 0 Å². The number of hydrogen-bond acceptors (Lipinski definition) is 2. The number of alkyl halides is 3. The molecular formula is C17H18F4O2. The fourth-order valence-corrected chi connectivity index (χ4v) is 2.30. The number of hydrogen-bond donors (Lipinski definition) is 0. The van der Waals surface area contributed by atoms with Crippen molar-refractivity contribution in [3.63, 3.8) is 0 Å². The largest absolute Gasteiger partial charge is 0.525 e. The first kappa shape index (κ1) is 17.7. The van der Waals surface area contributed by atoms with Crippen LogP contribution in [0.25, 0.3) is 0 Å². The Morgan fingerprint density at radius 1 is 1.13 bits per heavy atom. The summed E-state index contributed by atoms with van der Waals surface area (Å²) in [5.41, 5.74) is 0.383. The van der Waals surface area contributed by atoms with Gasteiger partial charge >= 0.3 is 6.36 Å². The summed E-state index contributed by atoms with van der Waals surface area (Å²) in [5.74, 6) is -2.87. The van der Waals surface area contributed by atoms with E-state index in [1.54, 1.807) is 18.2 Å². The molecule has 23 heavy (non-hydrogen) atoms. The number of halogens is 4. The Hall–Kier alpha value is -1.66. The maximum Gasteiger partial charge on any atom is 0.525 e. The molecule has 0 saturated carbocycles. The Morgan fingerprint density at radius 3 is 2.35 bits per heavy atom. The van der Waals surface area contributed by atoms with Crippen molar-refractivity contribution < 1.29 is 27.0 Å². The molecule has 2 nitrogen and oxygen atoms in total. The highest BCUT2D eigenvalue weighted by molar-refractivity contribution is 5.35. The molecule has 1 aliphatic rings. The summed E-state index contributed by atoms with van der Waals surface area (Å²) in [6.45, 7) is 2.03. The molecule has 0 heterocycles. The summed E-state index contributed by atoms with van der Waals surface area (Å²) in [6.07, 6.45) is 1.84. The molecule has 2 rings (SSSR count). The lowest BCUT2D eigenvalue weighted by Crippen LogP contribution is -2.39. The van der Waals surface area contributed by atoms with Crippen LogP contribution >= 0.6 is 0 Å². The van der Waals surface area contributed by atoms with Gasteiger partial charge in [-0.3, -0.25) is 4.74 Å². The van der Waals surface area contributed by atoms with Crippen molar-refractivity contribution in [1.29, 1.82) is 0 Å². The molecule has 0 aromatic heterocycles. The summed E-state index contributed by atoms with van der Waals surface area (Å²) in [5, 5.41) is 0. The molecule has 0 atom stereocenters. The van der Waals surface area contributed by atoms with Gasteiger partial charge in [0.05, 0.1) is 6.61 Å². The van der Waals surface area contributed by atoms with E-state index in [1.807, 2.05) is 6.92 Å². The van der Waals surface area contributed by atoms with Crippen LogP contribution in [0.2, 0.25) is 0 Å².